The molecule has 0 unspecified atom stereocenters. The number of methoxy groups -OCH3 is 1. The van der Waals surface area contributed by atoms with Crippen molar-refractivity contribution in [2.45, 2.75) is 4.90 Å². The number of rotatable bonds is 4. The molecule has 0 aliphatic rings. The molecule has 2 N–H and O–H groups in total. The minimum Gasteiger partial charge on any atom is -0.495 e. The van der Waals surface area contributed by atoms with Crippen LogP contribution >= 0.6 is 0 Å². The van der Waals surface area contributed by atoms with Crippen molar-refractivity contribution in [2.24, 2.45) is 0 Å². The molecule has 106 valence electrons. The van der Waals surface area contributed by atoms with Gasteiger partial charge >= 0.3 is 0 Å². The summed E-state index contributed by atoms with van der Waals surface area (Å²) in [6.07, 6.45) is 0. The number of nitrogen functional groups attached to an aromatic ring is 1. The molecule has 0 heterocycles. The van der Waals surface area contributed by atoms with E-state index < -0.39 is 10.0 Å². The van der Waals surface area contributed by atoms with Crippen LogP contribution in [0, 0.1) is 0 Å². The Hall–Kier alpha value is -2.21. The van der Waals surface area contributed by atoms with E-state index in [-0.39, 0.29) is 10.6 Å². The molecule has 6 heteroatoms. The fourth-order valence-electron chi connectivity index (χ4n) is 1.82. The second-order valence-corrected chi connectivity index (χ2v) is 6.16. The monoisotopic (exact) mass is 292 g/mol. The summed E-state index contributed by atoms with van der Waals surface area (Å²) < 4.78 is 31.6. The predicted molar refractivity (Wildman–Crippen MR) is 79.4 cm³/mol. The van der Waals surface area contributed by atoms with E-state index in [1.807, 2.05) is 6.07 Å². The Kier molecular flexibility index (Phi) is 3.85. The number of para-hydroxylation sites is 1. The van der Waals surface area contributed by atoms with E-state index >= 15 is 0 Å². The lowest BCUT2D eigenvalue weighted by Gasteiger charge is -2.20. The maximum atomic E-state index is 12.6. The molecular formula is C14H16N2O3S. The number of hydrogen-bond acceptors (Lipinski definition) is 4. The zero-order valence-corrected chi connectivity index (χ0v) is 12.1. The fraction of sp³-hybridized carbons (Fsp3) is 0.143. The van der Waals surface area contributed by atoms with E-state index in [4.69, 9.17) is 10.5 Å². The Morgan fingerprint density at radius 2 is 1.75 bits per heavy atom. The molecule has 0 bridgehead atoms. The molecule has 0 aromatic heterocycles. The van der Waals surface area contributed by atoms with Crippen molar-refractivity contribution in [1.29, 1.82) is 0 Å². The molecule has 0 aliphatic carbocycles. The first-order chi connectivity index (χ1) is 9.46. The fourth-order valence-corrected chi connectivity index (χ4v) is 3.15. The summed E-state index contributed by atoms with van der Waals surface area (Å²) in [7, 11) is -0.785. The maximum absolute atomic E-state index is 12.6. The Morgan fingerprint density at radius 1 is 1.10 bits per heavy atom. The highest BCUT2D eigenvalue weighted by molar-refractivity contribution is 7.92. The lowest BCUT2D eigenvalue weighted by atomic mass is 10.3. The third-order valence-electron chi connectivity index (χ3n) is 2.95. The van der Waals surface area contributed by atoms with Crippen molar-refractivity contribution < 1.29 is 13.2 Å². The lowest BCUT2D eigenvalue weighted by Crippen LogP contribution is -2.26. The molecule has 0 spiro atoms. The minimum atomic E-state index is -3.70. The Bertz CT molecular complexity index is 700. The molecule has 20 heavy (non-hydrogen) atoms. The lowest BCUT2D eigenvalue weighted by molar-refractivity contribution is 0.403. The molecule has 2 aromatic carbocycles. The quantitative estimate of drug-likeness (QED) is 0.876. The second kappa shape index (κ2) is 5.42. The van der Waals surface area contributed by atoms with Crippen LogP contribution in [0.25, 0.3) is 0 Å². The minimum absolute atomic E-state index is 0.0838. The number of anilines is 2. The highest BCUT2D eigenvalue weighted by Gasteiger charge is 2.25. The van der Waals surface area contributed by atoms with Gasteiger partial charge in [0.05, 0.1) is 12.8 Å². The van der Waals surface area contributed by atoms with Gasteiger partial charge in [-0.05, 0) is 24.3 Å². The number of benzene rings is 2. The van der Waals surface area contributed by atoms with Gasteiger partial charge in [-0.1, -0.05) is 18.2 Å². The third kappa shape index (κ3) is 2.55. The number of nitrogens with two attached hydrogens (primary N) is 1. The molecule has 0 fully saturated rings. The standard InChI is InChI=1S/C14H16N2O3S/c1-16(12-6-4-3-5-7-12)20(17,18)14-9-8-11(15)10-13(14)19-2/h3-10H,15H2,1-2H3. The van der Waals surface area contributed by atoms with Gasteiger partial charge in [0.2, 0.25) is 0 Å². The molecule has 0 radical (unpaired) electrons. The second-order valence-electron chi connectivity index (χ2n) is 4.22. The van der Waals surface area contributed by atoms with Crippen molar-refractivity contribution in [3.8, 4) is 5.75 Å². The average Bonchev–Trinajstić information content (AvgIpc) is 2.46. The summed E-state index contributed by atoms with van der Waals surface area (Å²) >= 11 is 0. The van der Waals surface area contributed by atoms with E-state index in [2.05, 4.69) is 0 Å². The molecule has 0 atom stereocenters. The van der Waals surface area contributed by atoms with Gasteiger partial charge in [0, 0.05) is 18.8 Å². The first-order valence-corrected chi connectivity index (χ1v) is 7.38. The Morgan fingerprint density at radius 3 is 2.35 bits per heavy atom. The summed E-state index contributed by atoms with van der Waals surface area (Å²) in [5.74, 6) is 0.229. The molecule has 0 saturated heterocycles. The zero-order chi connectivity index (χ0) is 14.8. The summed E-state index contributed by atoms with van der Waals surface area (Å²) in [6, 6.07) is 13.3. The van der Waals surface area contributed by atoms with Crippen LogP contribution < -0.4 is 14.8 Å². The molecule has 0 aliphatic heterocycles. The van der Waals surface area contributed by atoms with E-state index in [1.54, 1.807) is 24.3 Å². The largest absolute Gasteiger partial charge is 0.495 e. The van der Waals surface area contributed by atoms with E-state index in [1.165, 1.54) is 36.7 Å². The summed E-state index contributed by atoms with van der Waals surface area (Å²) in [5, 5.41) is 0. The normalized spacial score (nSPS) is 11.1. The van der Waals surface area contributed by atoms with Crippen LogP contribution in [0.1, 0.15) is 0 Å². The number of nitrogens with zero attached hydrogens (tertiary/aromatic N) is 1. The van der Waals surface area contributed by atoms with E-state index in [9.17, 15) is 8.42 Å². The average molecular weight is 292 g/mol. The molecular weight excluding hydrogens is 276 g/mol. The van der Waals surface area contributed by atoms with Gasteiger partial charge in [0.15, 0.2) is 0 Å². The van der Waals surface area contributed by atoms with E-state index in [0.717, 1.165) is 0 Å². The zero-order valence-electron chi connectivity index (χ0n) is 11.3. The highest BCUT2D eigenvalue weighted by Crippen LogP contribution is 2.30. The van der Waals surface area contributed by atoms with Crippen LogP contribution in [-0.2, 0) is 10.0 Å². The van der Waals surface area contributed by atoms with E-state index in [0.29, 0.717) is 11.4 Å². The Labute approximate surface area is 118 Å². The summed E-state index contributed by atoms with van der Waals surface area (Å²) in [6.45, 7) is 0. The van der Waals surface area contributed by atoms with Crippen LogP contribution in [0.5, 0.6) is 5.75 Å². The maximum Gasteiger partial charge on any atom is 0.267 e. The van der Waals surface area contributed by atoms with Crippen molar-refractivity contribution in [2.75, 3.05) is 24.2 Å². The van der Waals surface area contributed by atoms with Crippen LogP contribution in [0.2, 0.25) is 0 Å². The van der Waals surface area contributed by atoms with Gasteiger partial charge in [0.25, 0.3) is 10.0 Å². The summed E-state index contributed by atoms with van der Waals surface area (Å²) in [4.78, 5) is 0.0838. The van der Waals surface area contributed by atoms with Gasteiger partial charge in [-0.3, -0.25) is 4.31 Å². The van der Waals surface area contributed by atoms with Crippen molar-refractivity contribution >= 4 is 21.4 Å². The van der Waals surface area contributed by atoms with Gasteiger partial charge in [-0.15, -0.1) is 0 Å². The molecule has 0 amide bonds. The van der Waals surface area contributed by atoms with Crippen LogP contribution in [-0.4, -0.2) is 22.6 Å². The first-order valence-electron chi connectivity index (χ1n) is 5.94. The Balaban J connectivity index is 2.51. The van der Waals surface area contributed by atoms with Crippen molar-refractivity contribution in [3.05, 3.63) is 48.5 Å². The SMILES string of the molecule is COc1cc(N)ccc1S(=O)(=O)N(C)c1ccccc1. The molecule has 5 nitrogen and oxygen atoms in total. The smallest absolute Gasteiger partial charge is 0.267 e. The van der Waals surface area contributed by atoms with Crippen molar-refractivity contribution in [3.63, 3.8) is 0 Å². The van der Waals surface area contributed by atoms with Gasteiger partial charge < -0.3 is 10.5 Å². The summed E-state index contributed by atoms with van der Waals surface area (Å²) in [5.41, 5.74) is 6.67. The predicted octanol–water partition coefficient (Wildman–Crippen LogP) is 2.10. The number of sulfonamides is 1. The number of hydrogen-bond donors (Lipinski definition) is 1. The molecule has 0 saturated carbocycles. The van der Waals surface area contributed by atoms with Gasteiger partial charge in [-0.25, -0.2) is 8.42 Å². The van der Waals surface area contributed by atoms with Gasteiger partial charge in [0.1, 0.15) is 10.6 Å². The van der Waals surface area contributed by atoms with Crippen LogP contribution in [0.15, 0.2) is 53.4 Å². The van der Waals surface area contributed by atoms with Gasteiger partial charge in [-0.2, -0.15) is 0 Å². The topological polar surface area (TPSA) is 72.6 Å². The number of ether oxygens (including phenoxy) is 1. The van der Waals surface area contributed by atoms with Crippen LogP contribution in [0.3, 0.4) is 0 Å². The molecule has 2 rings (SSSR count). The highest BCUT2D eigenvalue weighted by atomic mass is 32.2. The third-order valence-corrected chi connectivity index (χ3v) is 4.77. The van der Waals surface area contributed by atoms with Crippen molar-refractivity contribution in [1.82, 2.24) is 0 Å². The first kappa shape index (κ1) is 14.2. The van der Waals surface area contributed by atoms with Crippen LogP contribution in [0.4, 0.5) is 11.4 Å². The molecule has 2 aromatic rings.